The van der Waals surface area contributed by atoms with Crippen molar-refractivity contribution >= 4 is 57.0 Å². The minimum Gasteiger partial charge on any atom is -0.508 e. The summed E-state index contributed by atoms with van der Waals surface area (Å²) in [7, 11) is 2.97. The Morgan fingerprint density at radius 1 is 0.901 bits per heavy atom. The molecule has 18 heteroatoms. The number of nitrogens with one attached hydrogen (secondary N) is 1. The molecular weight excluding hydrogens is 908 g/mol. The fourth-order valence-corrected chi connectivity index (χ4v) is 12.2. The number of aryl methyl sites for hydroxylation is 1. The Morgan fingerprint density at radius 2 is 1.70 bits per heavy atom. The summed E-state index contributed by atoms with van der Waals surface area (Å²) >= 11 is 0. The lowest BCUT2D eigenvalue weighted by Gasteiger charge is -2.36. The third-order valence-electron chi connectivity index (χ3n) is 16.0. The third-order valence-corrected chi connectivity index (χ3v) is 16.0. The maximum Gasteiger partial charge on any atom is 0.409 e. The fourth-order valence-electron chi connectivity index (χ4n) is 12.2. The first-order valence-electron chi connectivity index (χ1n) is 25.3. The van der Waals surface area contributed by atoms with Gasteiger partial charge in [0.2, 0.25) is 5.91 Å². The highest BCUT2D eigenvalue weighted by molar-refractivity contribution is 6.06. The van der Waals surface area contributed by atoms with Gasteiger partial charge in [0, 0.05) is 106 Å². The number of carbonyl (C=O) groups is 4. The van der Waals surface area contributed by atoms with Crippen LogP contribution in [0.4, 0.5) is 20.7 Å². The highest BCUT2D eigenvalue weighted by Gasteiger charge is 2.42. The van der Waals surface area contributed by atoms with E-state index in [4.69, 9.17) is 9.47 Å². The van der Waals surface area contributed by atoms with Gasteiger partial charge in [-0.05, 0) is 110 Å². The van der Waals surface area contributed by atoms with E-state index in [9.17, 15) is 24.3 Å². The average molecular weight is 969 g/mol. The number of fused-ring (bicyclic) bond motifs is 6. The van der Waals surface area contributed by atoms with E-state index in [1.54, 1.807) is 28.1 Å². The summed E-state index contributed by atoms with van der Waals surface area (Å²) in [4.78, 5) is 75.2. The number of carbonyl (C=O) groups excluding carboxylic acids is 4. The van der Waals surface area contributed by atoms with E-state index in [1.807, 2.05) is 36.4 Å². The lowest BCUT2D eigenvalue weighted by Crippen LogP contribution is -2.53. The van der Waals surface area contributed by atoms with Gasteiger partial charge in [0.25, 0.3) is 11.8 Å². The van der Waals surface area contributed by atoms with Crippen LogP contribution in [0.3, 0.4) is 0 Å². The third kappa shape index (κ3) is 8.72. The zero-order chi connectivity index (χ0) is 49.1. The number of piperazine rings is 2. The van der Waals surface area contributed by atoms with E-state index in [1.165, 1.54) is 33.4 Å². The van der Waals surface area contributed by atoms with E-state index in [0.717, 1.165) is 77.8 Å². The topological polar surface area (TPSA) is 177 Å². The highest BCUT2D eigenvalue weighted by atomic mass is 19.1. The number of piperidine rings is 1. The molecule has 17 nitrogen and oxygen atoms in total. The molecular formula is C53H61FN10O7. The number of pyridine rings is 1. The molecule has 9 heterocycles. The molecule has 6 saturated heterocycles. The maximum absolute atomic E-state index is 16.2. The number of methoxy groups -OCH3 is 1. The van der Waals surface area contributed by atoms with Crippen molar-refractivity contribution in [3.63, 3.8) is 0 Å². The Morgan fingerprint density at radius 3 is 2.48 bits per heavy atom. The first-order chi connectivity index (χ1) is 34.5. The summed E-state index contributed by atoms with van der Waals surface area (Å²) in [6.45, 7) is 8.20. The van der Waals surface area contributed by atoms with Crippen LogP contribution in [0.1, 0.15) is 79.8 Å². The zero-order valence-corrected chi connectivity index (χ0v) is 40.6. The number of rotatable bonds is 8. The number of ether oxygens (including phenoxy) is 2. The van der Waals surface area contributed by atoms with Gasteiger partial charge < -0.3 is 39.5 Å². The number of imide groups is 1. The molecule has 2 N–H and O–H groups in total. The highest BCUT2D eigenvalue weighted by Crippen LogP contribution is 2.40. The summed E-state index contributed by atoms with van der Waals surface area (Å²) in [5.41, 5.74) is 4.45. The van der Waals surface area contributed by atoms with Gasteiger partial charge in [-0.25, -0.2) is 9.18 Å². The quantitative estimate of drug-likeness (QED) is 0.176. The number of phenols is 1. The fraction of sp³-hybridized carbons (Fsp3) is 0.491. The minimum atomic E-state index is -0.596. The SMILES string of the molecule is CCc1cccc2cc(O)cc(-c3ncc4c(N5CC6CCC(C5)N6)nc(OC)nc4c3F)c12.CN1C(=O)CCC(N2Cc3cc(N4CCN(C(=O)OCC5CCC6CCCN65)CC4)ccc3C2=O)C1=O. The van der Waals surface area contributed by atoms with Gasteiger partial charge in [0.15, 0.2) is 5.82 Å². The molecule has 12 rings (SSSR count). The molecule has 7 aliphatic heterocycles. The van der Waals surface area contributed by atoms with Crippen LogP contribution in [-0.4, -0.2) is 160 Å². The van der Waals surface area contributed by atoms with Crippen LogP contribution in [0, 0.1) is 5.82 Å². The number of aromatic hydroxyl groups is 1. The van der Waals surface area contributed by atoms with Crippen molar-refractivity contribution in [2.24, 2.45) is 0 Å². The van der Waals surface area contributed by atoms with Crippen LogP contribution in [0.2, 0.25) is 0 Å². The number of benzene rings is 3. The number of amides is 4. The van der Waals surface area contributed by atoms with Gasteiger partial charge >= 0.3 is 12.1 Å². The Bertz CT molecular complexity index is 2920. The molecule has 0 radical (unpaired) electrons. The number of likely N-dealkylation sites (N-methyl/N-ethyl adjacent to an activating group) is 1. The van der Waals surface area contributed by atoms with Crippen molar-refractivity contribution in [1.29, 1.82) is 0 Å². The lowest BCUT2D eigenvalue weighted by atomic mass is 9.95. The van der Waals surface area contributed by atoms with Crippen LogP contribution in [0.15, 0.2) is 54.7 Å². The van der Waals surface area contributed by atoms with E-state index < -0.39 is 11.9 Å². The largest absolute Gasteiger partial charge is 0.508 e. The summed E-state index contributed by atoms with van der Waals surface area (Å²) in [5.74, 6) is -0.501. The average Bonchev–Trinajstić information content (AvgIpc) is 4.18. The summed E-state index contributed by atoms with van der Waals surface area (Å²) in [6.07, 6.45) is 9.96. The molecule has 2 aromatic heterocycles. The monoisotopic (exact) mass is 968 g/mol. The van der Waals surface area contributed by atoms with Crippen molar-refractivity contribution in [2.75, 3.05) is 76.4 Å². The number of phenolic OH excluding ortho intramolecular Hbond substituents is 1. The van der Waals surface area contributed by atoms with Crippen molar-refractivity contribution in [3.05, 3.63) is 77.2 Å². The number of anilines is 2. The summed E-state index contributed by atoms with van der Waals surface area (Å²) in [5, 5.41) is 16.3. The smallest absolute Gasteiger partial charge is 0.409 e. The summed E-state index contributed by atoms with van der Waals surface area (Å²) in [6, 6.07) is 16.3. The van der Waals surface area contributed by atoms with Crippen LogP contribution in [0.25, 0.3) is 32.9 Å². The molecule has 5 aromatic rings. The molecule has 7 aliphatic rings. The Hall–Kier alpha value is -6.66. The molecule has 0 saturated carbocycles. The number of hydrogen-bond acceptors (Lipinski definition) is 14. The van der Waals surface area contributed by atoms with Crippen LogP contribution in [0.5, 0.6) is 11.8 Å². The van der Waals surface area contributed by atoms with Gasteiger partial charge in [-0.3, -0.25) is 29.2 Å². The van der Waals surface area contributed by atoms with Gasteiger partial charge in [-0.2, -0.15) is 9.97 Å². The van der Waals surface area contributed by atoms with Crippen molar-refractivity contribution in [3.8, 4) is 23.0 Å². The maximum atomic E-state index is 16.2. The molecule has 5 unspecified atom stereocenters. The van der Waals surface area contributed by atoms with Crippen LogP contribution >= 0.6 is 0 Å². The molecule has 4 amide bonds. The predicted molar refractivity (Wildman–Crippen MR) is 265 cm³/mol. The van der Waals surface area contributed by atoms with Crippen molar-refractivity contribution < 1.29 is 38.1 Å². The van der Waals surface area contributed by atoms with Crippen LogP contribution < -0.4 is 19.9 Å². The Kier molecular flexibility index (Phi) is 12.6. The Labute approximate surface area is 411 Å². The normalized spacial score (nSPS) is 24.2. The molecule has 5 atom stereocenters. The van der Waals surface area contributed by atoms with Crippen molar-refractivity contribution in [2.45, 2.75) is 101 Å². The number of likely N-dealkylation sites (tertiary alicyclic amines) is 1. The van der Waals surface area contributed by atoms with Gasteiger partial charge in [0.1, 0.15) is 35.4 Å². The second-order valence-corrected chi connectivity index (χ2v) is 20.1. The first-order valence-corrected chi connectivity index (χ1v) is 25.3. The number of aromatic nitrogens is 3. The van der Waals surface area contributed by atoms with E-state index in [-0.39, 0.29) is 53.2 Å². The van der Waals surface area contributed by atoms with Crippen molar-refractivity contribution in [1.82, 2.24) is 39.9 Å². The van der Waals surface area contributed by atoms with Gasteiger partial charge in [-0.15, -0.1) is 0 Å². The summed E-state index contributed by atoms with van der Waals surface area (Å²) < 4.78 is 27.2. The number of nitrogens with zero attached hydrogens (tertiary/aromatic N) is 9. The molecule has 3 aromatic carbocycles. The van der Waals surface area contributed by atoms with Crippen LogP contribution in [-0.2, 0) is 27.3 Å². The van der Waals surface area contributed by atoms with E-state index in [2.05, 4.69) is 41.9 Å². The first kappa shape index (κ1) is 46.7. The minimum absolute atomic E-state index is 0.0642. The molecule has 0 spiro atoms. The molecule has 0 aliphatic carbocycles. The Balaban J connectivity index is 0.000000155. The molecule has 71 heavy (non-hydrogen) atoms. The van der Waals surface area contributed by atoms with E-state index in [0.29, 0.717) is 92.2 Å². The lowest BCUT2D eigenvalue weighted by molar-refractivity contribution is -0.150. The van der Waals surface area contributed by atoms with Gasteiger partial charge in [-0.1, -0.05) is 25.1 Å². The molecule has 2 bridgehead atoms. The second kappa shape index (κ2) is 19.2. The van der Waals surface area contributed by atoms with Gasteiger partial charge in [0.05, 0.1) is 12.5 Å². The van der Waals surface area contributed by atoms with E-state index >= 15 is 4.39 Å². The zero-order valence-electron chi connectivity index (χ0n) is 40.6. The second-order valence-electron chi connectivity index (χ2n) is 20.1. The molecule has 372 valence electrons. The predicted octanol–water partition coefficient (Wildman–Crippen LogP) is 5.88. The molecule has 6 fully saturated rings. The number of halogens is 1. The standard InChI is InChI=1S/C27H35N5O5.C26H26FN5O2/c1-28-24(33)9-8-23(26(28)35)32-16-18-15-20(6-7-22(18)25(32)34)29-11-13-30(14-12-29)27(36)37-17-21-5-4-19-3-2-10-31(19)21;1-3-14-5-4-6-15-9-18(33)10-19(21(14)15)23-22(27)24-20(11-28-23)25(31-26(30-24)34-2)32-12-16-7-8-17(13-32)29-16/h6-7,15,19,21,23H,2-5,8-14,16-17H2,1H3;4-6,9-11,16-17,29,33H,3,7-8,12-13H2,1-2H3. The number of hydrogen-bond donors (Lipinski definition) is 2.